The van der Waals surface area contributed by atoms with Crippen molar-refractivity contribution in [3.05, 3.63) is 81.3 Å². The van der Waals surface area contributed by atoms with Crippen molar-refractivity contribution in [2.24, 2.45) is 0 Å². The van der Waals surface area contributed by atoms with Crippen LogP contribution in [0.2, 0.25) is 0 Å². The highest BCUT2D eigenvalue weighted by Crippen LogP contribution is 2.29. The first-order valence-corrected chi connectivity index (χ1v) is 10.6. The Balaban J connectivity index is 1.57. The van der Waals surface area contributed by atoms with Crippen molar-refractivity contribution in [1.82, 2.24) is 9.88 Å². The Morgan fingerprint density at radius 2 is 1.76 bits per heavy atom. The van der Waals surface area contributed by atoms with Crippen LogP contribution in [0.4, 0.5) is 13.2 Å². The monoisotopic (exact) mass is 436 g/mol. The number of hydrogen-bond donors (Lipinski definition) is 0. The van der Waals surface area contributed by atoms with Gasteiger partial charge in [-0.25, -0.2) is 4.98 Å². The Morgan fingerprint density at radius 3 is 2.31 bits per heavy atom. The number of thiazole rings is 1. The maximum absolute atomic E-state index is 12.6. The summed E-state index contributed by atoms with van der Waals surface area (Å²) in [4.78, 5) is 19.6. The molecule has 0 aliphatic carbocycles. The molecule has 0 fully saturated rings. The fraction of sp³-hybridized carbons (Fsp3) is 0.238. The summed E-state index contributed by atoms with van der Waals surface area (Å²) in [7, 11) is 1.63. The highest BCUT2D eigenvalue weighted by molar-refractivity contribution is 7.98. The maximum Gasteiger partial charge on any atom is 0.416 e. The zero-order valence-electron chi connectivity index (χ0n) is 15.9. The van der Waals surface area contributed by atoms with Crippen molar-refractivity contribution in [3.8, 4) is 0 Å². The van der Waals surface area contributed by atoms with Crippen LogP contribution in [0, 0.1) is 6.92 Å². The van der Waals surface area contributed by atoms with Crippen molar-refractivity contribution in [1.29, 1.82) is 0 Å². The Bertz CT molecular complexity index is 967. The van der Waals surface area contributed by atoms with Gasteiger partial charge in [-0.2, -0.15) is 13.2 Å². The fourth-order valence-electron chi connectivity index (χ4n) is 2.69. The molecule has 0 aliphatic rings. The second-order valence-electron chi connectivity index (χ2n) is 6.53. The SMILES string of the molecule is Cc1nc(CSc2ccc(C(=O)N(C)Cc3ccc(C(F)(F)F)cc3)cc2)cs1. The molecule has 0 spiro atoms. The van der Waals surface area contributed by atoms with Gasteiger partial charge < -0.3 is 4.90 Å². The van der Waals surface area contributed by atoms with E-state index in [0.717, 1.165) is 33.5 Å². The van der Waals surface area contributed by atoms with E-state index in [4.69, 9.17) is 0 Å². The average Bonchev–Trinajstić information content (AvgIpc) is 3.11. The third-order valence-electron chi connectivity index (χ3n) is 4.20. The molecule has 0 aliphatic heterocycles. The molecule has 29 heavy (non-hydrogen) atoms. The zero-order chi connectivity index (χ0) is 21.0. The van der Waals surface area contributed by atoms with E-state index in [9.17, 15) is 18.0 Å². The Hall–Kier alpha value is -2.32. The highest BCUT2D eigenvalue weighted by atomic mass is 32.2. The van der Waals surface area contributed by atoms with E-state index < -0.39 is 11.7 Å². The fourth-order valence-corrected chi connectivity index (χ4v) is 4.20. The van der Waals surface area contributed by atoms with Crippen LogP contribution < -0.4 is 0 Å². The lowest BCUT2D eigenvalue weighted by atomic mass is 10.1. The summed E-state index contributed by atoms with van der Waals surface area (Å²) >= 11 is 3.27. The number of carbonyl (C=O) groups excluding carboxylic acids is 1. The normalized spacial score (nSPS) is 11.5. The van der Waals surface area contributed by atoms with E-state index in [1.807, 2.05) is 24.4 Å². The number of carbonyl (C=O) groups is 1. The predicted molar refractivity (Wildman–Crippen MR) is 110 cm³/mol. The standard InChI is InChI=1S/C21H19F3N2OS2/c1-14-25-18(12-28-14)13-29-19-9-5-16(6-10-19)20(27)26(2)11-15-3-7-17(8-4-15)21(22,23)24/h3-10,12H,11,13H2,1-2H3. The number of aryl methyl sites for hydroxylation is 1. The first-order chi connectivity index (χ1) is 13.7. The van der Waals surface area contributed by atoms with Crippen LogP contribution in [0.25, 0.3) is 0 Å². The van der Waals surface area contributed by atoms with E-state index in [-0.39, 0.29) is 12.5 Å². The molecule has 0 bridgehead atoms. The minimum absolute atomic E-state index is 0.184. The molecular formula is C21H19F3N2OS2. The van der Waals surface area contributed by atoms with Gasteiger partial charge in [0.05, 0.1) is 16.3 Å². The molecule has 1 aromatic heterocycles. The van der Waals surface area contributed by atoms with Gasteiger partial charge in [0.15, 0.2) is 0 Å². The summed E-state index contributed by atoms with van der Waals surface area (Å²) in [6, 6.07) is 12.2. The summed E-state index contributed by atoms with van der Waals surface area (Å²) in [5.41, 5.74) is 1.51. The second-order valence-corrected chi connectivity index (χ2v) is 8.64. The first kappa shape index (κ1) is 21.4. The lowest BCUT2D eigenvalue weighted by Crippen LogP contribution is -2.26. The summed E-state index contributed by atoms with van der Waals surface area (Å²) in [5.74, 6) is 0.586. The van der Waals surface area contributed by atoms with Gasteiger partial charge in [-0.05, 0) is 48.9 Å². The first-order valence-electron chi connectivity index (χ1n) is 8.78. The number of thioether (sulfide) groups is 1. The molecule has 3 rings (SSSR count). The Kier molecular flexibility index (Phi) is 6.64. The number of amides is 1. The molecule has 1 amide bonds. The number of alkyl halides is 3. The molecule has 0 unspecified atom stereocenters. The highest BCUT2D eigenvalue weighted by Gasteiger charge is 2.30. The summed E-state index contributed by atoms with van der Waals surface area (Å²) in [5, 5.41) is 3.08. The molecule has 0 N–H and O–H groups in total. The van der Waals surface area contributed by atoms with E-state index in [0.29, 0.717) is 11.1 Å². The molecule has 3 aromatic rings. The molecular weight excluding hydrogens is 417 g/mol. The van der Waals surface area contributed by atoms with Crippen molar-refractivity contribution in [2.45, 2.75) is 30.3 Å². The van der Waals surface area contributed by atoms with Crippen molar-refractivity contribution >= 4 is 29.0 Å². The van der Waals surface area contributed by atoms with Crippen molar-refractivity contribution in [2.75, 3.05) is 7.05 Å². The summed E-state index contributed by atoms with van der Waals surface area (Å²) in [6.07, 6.45) is -4.36. The molecule has 1 heterocycles. The number of halogens is 3. The van der Waals surface area contributed by atoms with Crippen LogP contribution in [0.15, 0.2) is 58.8 Å². The third-order valence-corrected chi connectivity index (χ3v) is 6.07. The van der Waals surface area contributed by atoms with Gasteiger partial charge >= 0.3 is 6.18 Å². The largest absolute Gasteiger partial charge is 0.416 e. The van der Waals surface area contributed by atoms with E-state index in [1.165, 1.54) is 17.0 Å². The molecule has 0 saturated heterocycles. The number of nitrogens with zero attached hydrogens (tertiary/aromatic N) is 2. The van der Waals surface area contributed by atoms with Gasteiger partial charge in [0.1, 0.15) is 0 Å². The molecule has 0 radical (unpaired) electrons. The summed E-state index contributed by atoms with van der Waals surface area (Å²) < 4.78 is 37.9. The van der Waals surface area contributed by atoms with Crippen LogP contribution >= 0.6 is 23.1 Å². The van der Waals surface area contributed by atoms with Crippen LogP contribution in [0.3, 0.4) is 0 Å². The van der Waals surface area contributed by atoms with E-state index in [2.05, 4.69) is 4.98 Å². The average molecular weight is 437 g/mol. The third kappa shape index (κ3) is 5.83. The molecule has 0 saturated carbocycles. The lowest BCUT2D eigenvalue weighted by molar-refractivity contribution is -0.137. The minimum Gasteiger partial charge on any atom is -0.337 e. The number of benzene rings is 2. The van der Waals surface area contributed by atoms with Crippen molar-refractivity contribution < 1.29 is 18.0 Å². The van der Waals surface area contributed by atoms with Gasteiger partial charge in [-0.1, -0.05) is 12.1 Å². The van der Waals surface area contributed by atoms with Gasteiger partial charge in [-0.3, -0.25) is 4.79 Å². The maximum atomic E-state index is 12.6. The van der Waals surface area contributed by atoms with Gasteiger partial charge in [0.2, 0.25) is 0 Å². The second kappa shape index (κ2) is 9.00. The molecule has 2 aromatic carbocycles. The molecule has 0 atom stereocenters. The van der Waals surface area contributed by atoms with E-state index >= 15 is 0 Å². The number of rotatable bonds is 6. The molecule has 8 heteroatoms. The van der Waals surface area contributed by atoms with Crippen LogP contribution in [0.5, 0.6) is 0 Å². The number of aromatic nitrogens is 1. The number of hydrogen-bond acceptors (Lipinski definition) is 4. The zero-order valence-corrected chi connectivity index (χ0v) is 17.5. The summed E-state index contributed by atoms with van der Waals surface area (Å²) in [6.45, 7) is 2.21. The van der Waals surface area contributed by atoms with E-state index in [1.54, 1.807) is 42.3 Å². The topological polar surface area (TPSA) is 33.2 Å². The van der Waals surface area contributed by atoms with Gasteiger partial charge in [0, 0.05) is 35.2 Å². The predicted octanol–water partition coefficient (Wildman–Crippen LogP) is 6.03. The van der Waals surface area contributed by atoms with Crippen LogP contribution in [-0.4, -0.2) is 22.8 Å². The van der Waals surface area contributed by atoms with Crippen LogP contribution in [-0.2, 0) is 18.5 Å². The van der Waals surface area contributed by atoms with Gasteiger partial charge in [-0.15, -0.1) is 23.1 Å². The molecule has 3 nitrogen and oxygen atoms in total. The molecule has 152 valence electrons. The van der Waals surface area contributed by atoms with Gasteiger partial charge in [0.25, 0.3) is 5.91 Å². The Morgan fingerprint density at radius 1 is 1.10 bits per heavy atom. The minimum atomic E-state index is -4.36. The quantitative estimate of drug-likeness (QED) is 0.442. The smallest absolute Gasteiger partial charge is 0.337 e. The lowest BCUT2D eigenvalue weighted by Gasteiger charge is -2.18. The van der Waals surface area contributed by atoms with Crippen molar-refractivity contribution in [3.63, 3.8) is 0 Å². The van der Waals surface area contributed by atoms with Crippen LogP contribution in [0.1, 0.15) is 32.2 Å². The Labute approximate surface area is 175 Å².